The van der Waals surface area contributed by atoms with Gasteiger partial charge in [0.2, 0.25) is 17.7 Å². The van der Waals surface area contributed by atoms with Crippen LogP contribution in [0.4, 0.5) is 0 Å². The number of carbonyl (C=O) groups is 4. The molecule has 1 spiro atoms. The third kappa shape index (κ3) is 6.19. The predicted octanol–water partition coefficient (Wildman–Crippen LogP) is 3.31. The fourth-order valence-electron chi connectivity index (χ4n) is 7.90. The topological polar surface area (TPSA) is 125 Å². The molecule has 4 heterocycles. The summed E-state index contributed by atoms with van der Waals surface area (Å²) in [6, 6.07) is 7.15. The van der Waals surface area contributed by atoms with E-state index in [0.29, 0.717) is 24.9 Å². The predicted molar refractivity (Wildman–Crippen MR) is 167 cm³/mol. The lowest BCUT2D eigenvalue weighted by Gasteiger charge is -2.45. The van der Waals surface area contributed by atoms with Crippen molar-refractivity contribution in [3.63, 3.8) is 0 Å². The second-order valence-corrected chi connectivity index (χ2v) is 14.6. The van der Waals surface area contributed by atoms with Gasteiger partial charge >= 0.3 is 5.97 Å². The van der Waals surface area contributed by atoms with Crippen molar-refractivity contribution in [3.8, 4) is 0 Å². The van der Waals surface area contributed by atoms with E-state index in [1.54, 1.807) is 30.1 Å². The fourth-order valence-corrected chi connectivity index (χ4v) is 7.90. The molecule has 0 aliphatic carbocycles. The number of hydrogen-bond acceptors (Lipinski definition) is 7. The molecule has 5 rings (SSSR count). The van der Waals surface area contributed by atoms with Crippen LogP contribution in [0.1, 0.15) is 72.4 Å². The Kier molecular flexibility index (Phi) is 9.03. The largest absolute Gasteiger partial charge is 0.460 e. The van der Waals surface area contributed by atoms with Gasteiger partial charge in [0.05, 0.1) is 31.2 Å². The Balaban J connectivity index is 1.65. The summed E-state index contributed by atoms with van der Waals surface area (Å²) in [4.78, 5) is 59.2. The second-order valence-electron chi connectivity index (χ2n) is 14.6. The van der Waals surface area contributed by atoms with Crippen LogP contribution in [0.2, 0.25) is 0 Å². The van der Waals surface area contributed by atoms with Crippen LogP contribution in [0.25, 0.3) is 0 Å². The zero-order chi connectivity index (χ0) is 32.7. The summed E-state index contributed by atoms with van der Waals surface area (Å²) in [5.74, 6) is -3.63. The maximum Gasteiger partial charge on any atom is 0.313 e. The van der Waals surface area contributed by atoms with Crippen LogP contribution in [-0.4, -0.2) is 87.7 Å². The number of aliphatic hydroxyl groups is 1. The zero-order valence-electron chi connectivity index (χ0n) is 27.2. The minimum Gasteiger partial charge on any atom is -0.460 e. The number of likely N-dealkylation sites (tertiary alicyclic amines) is 1. The van der Waals surface area contributed by atoms with Gasteiger partial charge in [-0.05, 0) is 44.6 Å². The lowest BCUT2D eigenvalue weighted by Crippen LogP contribution is -2.60. The third-order valence-corrected chi connectivity index (χ3v) is 9.36. The van der Waals surface area contributed by atoms with Gasteiger partial charge in [-0.1, -0.05) is 75.4 Å². The summed E-state index contributed by atoms with van der Waals surface area (Å²) >= 11 is 0. The lowest BCUT2D eigenvalue weighted by atomic mass is 9.77. The number of ether oxygens (including phenoxy) is 2. The van der Waals surface area contributed by atoms with Crippen molar-refractivity contribution >= 4 is 23.7 Å². The Morgan fingerprint density at radius 1 is 1.04 bits per heavy atom. The van der Waals surface area contributed by atoms with Crippen LogP contribution in [0.15, 0.2) is 54.6 Å². The molecule has 10 nitrogen and oxygen atoms in total. The Bertz CT molecular complexity index is 1370. The zero-order valence-corrected chi connectivity index (χ0v) is 27.2. The highest BCUT2D eigenvalue weighted by Crippen LogP contribution is 2.55. The molecule has 1 aromatic rings. The molecular formula is C35H47N3O7. The lowest BCUT2D eigenvalue weighted by molar-refractivity contribution is -0.160. The van der Waals surface area contributed by atoms with E-state index in [-0.39, 0.29) is 30.2 Å². The van der Waals surface area contributed by atoms with Gasteiger partial charge in [0.1, 0.15) is 23.7 Å². The standard InChI is InChI=1S/C35H47N3O7/c1-22-19-36-26(40)16-11-10-15-25-27(32(43)44-22)28-30(41)38(24(20-39)23-13-8-7-9-14-23)29-31(42)37(18-12-17-35(28,29)45-25)34(5,6)21-33(2,3)4/h7-10,12-15,17,22,24-25,27-29,39H,11,16,18-21H2,1-6H3,(H,36,40)/b15-10-/t22-,24+,25-,27+,28+,29-,35+/m0/s1. The molecule has 4 aliphatic heterocycles. The van der Waals surface area contributed by atoms with Crippen molar-refractivity contribution in [1.29, 1.82) is 0 Å². The number of nitrogens with zero attached hydrogens (tertiary/aromatic N) is 2. The first-order valence-corrected chi connectivity index (χ1v) is 16.0. The normalized spacial score (nSPS) is 32.4. The van der Waals surface area contributed by atoms with E-state index in [0.717, 1.165) is 0 Å². The van der Waals surface area contributed by atoms with Gasteiger partial charge in [-0.25, -0.2) is 0 Å². The quantitative estimate of drug-likeness (QED) is 0.382. The number of rotatable bonds is 5. The van der Waals surface area contributed by atoms with Gasteiger partial charge in [-0.2, -0.15) is 0 Å². The average Bonchev–Trinajstić information content (AvgIpc) is 3.34. The fraction of sp³-hybridized carbons (Fsp3) is 0.600. The van der Waals surface area contributed by atoms with E-state index in [2.05, 4.69) is 26.1 Å². The molecule has 0 aromatic heterocycles. The van der Waals surface area contributed by atoms with Crippen molar-refractivity contribution in [2.75, 3.05) is 19.7 Å². The van der Waals surface area contributed by atoms with Crippen molar-refractivity contribution in [2.45, 2.75) is 96.2 Å². The van der Waals surface area contributed by atoms with E-state index in [4.69, 9.17) is 9.47 Å². The van der Waals surface area contributed by atoms with Gasteiger partial charge in [-0.3, -0.25) is 19.2 Å². The minimum atomic E-state index is -1.49. The monoisotopic (exact) mass is 621 g/mol. The number of benzene rings is 1. The Hall–Kier alpha value is -3.50. The summed E-state index contributed by atoms with van der Waals surface area (Å²) in [6.45, 7) is 12.1. The molecule has 0 bridgehead atoms. The molecule has 2 saturated heterocycles. The highest BCUT2D eigenvalue weighted by molar-refractivity contribution is 5.99. The molecule has 4 aliphatic rings. The first-order valence-electron chi connectivity index (χ1n) is 16.0. The number of amides is 3. The second kappa shape index (κ2) is 12.4. The van der Waals surface area contributed by atoms with E-state index < -0.39 is 65.8 Å². The van der Waals surface area contributed by atoms with Crippen molar-refractivity contribution < 1.29 is 33.8 Å². The highest BCUT2D eigenvalue weighted by atomic mass is 16.6. The summed E-state index contributed by atoms with van der Waals surface area (Å²) in [6.07, 6.45) is 7.05. The Labute approximate surface area is 265 Å². The first-order chi connectivity index (χ1) is 21.2. The molecule has 3 amide bonds. The molecule has 7 atom stereocenters. The Morgan fingerprint density at radius 2 is 1.76 bits per heavy atom. The average molecular weight is 622 g/mol. The molecular weight excluding hydrogens is 574 g/mol. The SMILES string of the molecule is C[C@H]1CNC(=O)CC/C=C\[C@@H]2O[C@@]34C=CCN(C(C)(C)CC(C)(C)C)C(=O)[C@@H]3N([C@H](CO)c3ccccc3)C(=O)[C@H]4[C@@H]2C(=O)O1. The van der Waals surface area contributed by atoms with Crippen molar-refractivity contribution in [2.24, 2.45) is 17.3 Å². The number of allylic oxidation sites excluding steroid dienone is 1. The van der Waals surface area contributed by atoms with Gasteiger partial charge in [-0.15, -0.1) is 0 Å². The van der Waals surface area contributed by atoms with E-state index in [9.17, 15) is 24.3 Å². The molecule has 244 valence electrons. The maximum atomic E-state index is 15.0. The smallest absolute Gasteiger partial charge is 0.313 e. The summed E-state index contributed by atoms with van der Waals surface area (Å²) in [7, 11) is 0. The van der Waals surface area contributed by atoms with E-state index in [1.807, 2.05) is 50.3 Å². The minimum absolute atomic E-state index is 0.0892. The van der Waals surface area contributed by atoms with Crippen LogP contribution in [0, 0.1) is 17.3 Å². The molecule has 0 radical (unpaired) electrons. The van der Waals surface area contributed by atoms with Gasteiger partial charge in [0.25, 0.3) is 0 Å². The van der Waals surface area contributed by atoms with Gasteiger partial charge in [0, 0.05) is 18.5 Å². The molecule has 45 heavy (non-hydrogen) atoms. The Morgan fingerprint density at radius 3 is 2.42 bits per heavy atom. The number of fused-ring (bicyclic) bond motifs is 2. The van der Waals surface area contributed by atoms with E-state index >= 15 is 0 Å². The number of nitrogens with one attached hydrogen (secondary N) is 1. The summed E-state index contributed by atoms with van der Waals surface area (Å²) < 4.78 is 12.6. The third-order valence-electron chi connectivity index (χ3n) is 9.36. The molecule has 10 heteroatoms. The van der Waals surface area contributed by atoms with Crippen LogP contribution in [0.5, 0.6) is 0 Å². The number of hydrogen-bond donors (Lipinski definition) is 2. The highest BCUT2D eigenvalue weighted by Gasteiger charge is 2.73. The maximum absolute atomic E-state index is 15.0. The number of esters is 1. The van der Waals surface area contributed by atoms with Gasteiger partial charge < -0.3 is 29.7 Å². The van der Waals surface area contributed by atoms with Crippen LogP contribution >= 0.6 is 0 Å². The first kappa shape index (κ1) is 32.9. The molecule has 2 fully saturated rings. The molecule has 0 saturated carbocycles. The van der Waals surface area contributed by atoms with Crippen LogP contribution < -0.4 is 5.32 Å². The number of carbonyl (C=O) groups excluding carboxylic acids is 4. The van der Waals surface area contributed by atoms with Crippen molar-refractivity contribution in [3.05, 3.63) is 60.2 Å². The molecule has 2 N–H and O–H groups in total. The van der Waals surface area contributed by atoms with Crippen LogP contribution in [0.3, 0.4) is 0 Å². The molecule has 0 unspecified atom stereocenters. The van der Waals surface area contributed by atoms with Crippen molar-refractivity contribution in [1.82, 2.24) is 15.1 Å². The van der Waals surface area contributed by atoms with Crippen LogP contribution in [-0.2, 0) is 28.7 Å². The number of aliphatic hydroxyl groups excluding tert-OH is 1. The van der Waals surface area contributed by atoms with Gasteiger partial charge in [0.15, 0.2) is 0 Å². The summed E-state index contributed by atoms with van der Waals surface area (Å²) in [5, 5.41) is 13.6. The summed E-state index contributed by atoms with van der Waals surface area (Å²) in [5.41, 5.74) is -1.49. The van der Waals surface area contributed by atoms with E-state index in [1.165, 1.54) is 4.90 Å². The molecule has 1 aromatic carbocycles. The number of cyclic esters (lactones) is 1.